The van der Waals surface area contributed by atoms with Crippen molar-refractivity contribution < 1.29 is 18.3 Å². The van der Waals surface area contributed by atoms with Gasteiger partial charge in [0, 0.05) is 30.8 Å². The van der Waals surface area contributed by atoms with Gasteiger partial charge in [0.15, 0.2) is 5.82 Å². The molecule has 0 spiro atoms. The summed E-state index contributed by atoms with van der Waals surface area (Å²) in [7, 11) is -1.60. The maximum atomic E-state index is 13.0. The summed E-state index contributed by atoms with van der Waals surface area (Å²) in [5.74, 6) is 2.25. The fourth-order valence-electron chi connectivity index (χ4n) is 5.12. The molecule has 2 unspecified atom stereocenters. The summed E-state index contributed by atoms with van der Waals surface area (Å²) in [6.07, 6.45) is 6.35. The molecule has 0 aromatic carbocycles. The highest BCUT2D eigenvalue weighted by molar-refractivity contribution is 7.90. The lowest BCUT2D eigenvalue weighted by Gasteiger charge is -2.47. The quantitative estimate of drug-likeness (QED) is 0.426. The van der Waals surface area contributed by atoms with Gasteiger partial charge in [0.2, 0.25) is 21.9 Å². The van der Waals surface area contributed by atoms with Crippen molar-refractivity contribution in [3.05, 3.63) is 17.8 Å². The van der Waals surface area contributed by atoms with Gasteiger partial charge in [-0.1, -0.05) is 6.42 Å². The van der Waals surface area contributed by atoms with E-state index in [-0.39, 0.29) is 23.9 Å². The van der Waals surface area contributed by atoms with Gasteiger partial charge < -0.3 is 20.5 Å². The number of aliphatic hydroxyl groups excluding tert-OH is 1. The molecule has 4 heterocycles. The van der Waals surface area contributed by atoms with Crippen LogP contribution in [0.25, 0.3) is 0 Å². The molecular formula is C21H31N7O4S. The highest BCUT2D eigenvalue weighted by Crippen LogP contribution is 2.43. The second-order valence-corrected chi connectivity index (χ2v) is 11.3. The molecule has 5 rings (SSSR count). The molecule has 1 aliphatic carbocycles. The Kier molecular flexibility index (Phi) is 6.14. The summed E-state index contributed by atoms with van der Waals surface area (Å²) in [4.78, 5) is 8.92. The minimum atomic E-state index is -3.14. The van der Waals surface area contributed by atoms with Gasteiger partial charge in [0.25, 0.3) is 0 Å². The van der Waals surface area contributed by atoms with Crippen LogP contribution in [0.4, 0.5) is 17.6 Å². The summed E-state index contributed by atoms with van der Waals surface area (Å²) in [6, 6.07) is 3.59. The average Bonchev–Trinajstić information content (AvgIpc) is 3.57. The van der Waals surface area contributed by atoms with Gasteiger partial charge in [-0.05, 0) is 44.4 Å². The van der Waals surface area contributed by atoms with Crippen LogP contribution in [-0.4, -0.2) is 69.0 Å². The molecule has 3 fully saturated rings. The van der Waals surface area contributed by atoms with Crippen molar-refractivity contribution in [1.29, 1.82) is 0 Å². The molecule has 2 atom stereocenters. The maximum Gasteiger partial charge on any atom is 0.227 e. The summed E-state index contributed by atoms with van der Waals surface area (Å²) in [5.41, 5.74) is 0.595. The van der Waals surface area contributed by atoms with Gasteiger partial charge in [-0.3, -0.25) is 5.10 Å². The van der Waals surface area contributed by atoms with E-state index < -0.39 is 10.0 Å². The number of aromatic nitrogens is 4. The number of anilines is 3. The second kappa shape index (κ2) is 9.07. The average molecular weight is 478 g/mol. The number of aliphatic hydroxyl groups is 1. The maximum absolute atomic E-state index is 13.0. The third kappa shape index (κ3) is 4.78. The minimum Gasteiger partial charge on any atom is -0.481 e. The minimum absolute atomic E-state index is 0.110. The lowest BCUT2D eigenvalue weighted by molar-refractivity contribution is 0.0901. The first-order valence-electron chi connectivity index (χ1n) is 11.6. The van der Waals surface area contributed by atoms with E-state index in [4.69, 9.17) is 4.74 Å². The molecule has 2 aliphatic heterocycles. The first-order valence-corrected chi connectivity index (χ1v) is 13.1. The van der Waals surface area contributed by atoms with Gasteiger partial charge in [-0.2, -0.15) is 19.4 Å². The number of piperidine rings is 2. The zero-order valence-corrected chi connectivity index (χ0v) is 19.5. The highest BCUT2D eigenvalue weighted by Gasteiger charge is 2.49. The van der Waals surface area contributed by atoms with Gasteiger partial charge in [-0.15, -0.1) is 0 Å². The summed E-state index contributed by atoms with van der Waals surface area (Å²) in [6.45, 7) is 0.547. The molecule has 1 saturated carbocycles. The Hall–Kier alpha value is -2.44. The standard InChI is InChI=1S/C21H31N7O4S/c1-32-20-10-18(23-19-9-14(12-29)26-27-19)24-21(25-20)22-11-13-7-15-3-2-4-16(8-13)28(15)33(30,31)17-5-6-17/h9-10,13,15-17,29H,2-8,11-12H2,1H3,(H3,22,23,24,25,26,27). The van der Waals surface area contributed by atoms with Crippen LogP contribution in [0.2, 0.25) is 0 Å². The van der Waals surface area contributed by atoms with E-state index in [0.717, 1.165) is 44.9 Å². The molecule has 33 heavy (non-hydrogen) atoms. The molecule has 4 N–H and O–H groups in total. The van der Waals surface area contributed by atoms with E-state index in [1.54, 1.807) is 19.2 Å². The molecule has 2 aromatic rings. The van der Waals surface area contributed by atoms with E-state index in [9.17, 15) is 13.5 Å². The third-order valence-electron chi connectivity index (χ3n) is 6.76. The third-order valence-corrected chi connectivity index (χ3v) is 9.26. The summed E-state index contributed by atoms with van der Waals surface area (Å²) >= 11 is 0. The first-order chi connectivity index (χ1) is 16.0. The normalized spacial score (nSPS) is 25.6. The zero-order chi connectivity index (χ0) is 23.0. The largest absolute Gasteiger partial charge is 0.481 e. The smallest absolute Gasteiger partial charge is 0.227 e. The number of fused-ring (bicyclic) bond motifs is 2. The van der Waals surface area contributed by atoms with Crippen LogP contribution in [0.15, 0.2) is 12.1 Å². The molecule has 11 nitrogen and oxygen atoms in total. The van der Waals surface area contributed by atoms with Crippen molar-refractivity contribution in [1.82, 2.24) is 24.5 Å². The molecule has 0 amide bonds. The number of hydrogen-bond donors (Lipinski definition) is 4. The lowest BCUT2D eigenvalue weighted by atomic mass is 9.80. The molecule has 0 radical (unpaired) electrons. The van der Waals surface area contributed by atoms with Gasteiger partial charge >= 0.3 is 0 Å². The van der Waals surface area contributed by atoms with Gasteiger partial charge in [0.1, 0.15) is 5.82 Å². The summed E-state index contributed by atoms with van der Waals surface area (Å²) in [5, 5.41) is 22.3. The Labute approximate surface area is 193 Å². The number of ether oxygens (including phenoxy) is 1. The molecular weight excluding hydrogens is 446 g/mol. The predicted octanol–water partition coefficient (Wildman–Crippen LogP) is 1.98. The van der Waals surface area contributed by atoms with Crippen LogP contribution < -0.4 is 15.4 Å². The molecule has 2 bridgehead atoms. The molecule has 180 valence electrons. The number of nitrogens with one attached hydrogen (secondary N) is 3. The topological polar surface area (TPSA) is 145 Å². The Balaban J connectivity index is 1.25. The number of nitrogens with zero attached hydrogens (tertiary/aromatic N) is 4. The van der Waals surface area contributed by atoms with Crippen molar-refractivity contribution in [3.63, 3.8) is 0 Å². The number of sulfonamides is 1. The van der Waals surface area contributed by atoms with Crippen molar-refractivity contribution >= 4 is 27.6 Å². The molecule has 2 aromatic heterocycles. The van der Waals surface area contributed by atoms with Crippen molar-refractivity contribution in [2.24, 2.45) is 5.92 Å². The second-order valence-electron chi connectivity index (χ2n) is 9.21. The van der Waals surface area contributed by atoms with Gasteiger partial charge in [-0.25, -0.2) is 8.42 Å². The van der Waals surface area contributed by atoms with Crippen LogP contribution in [0.5, 0.6) is 5.88 Å². The van der Waals surface area contributed by atoms with Crippen molar-refractivity contribution in [3.8, 4) is 5.88 Å². The fraction of sp³-hybridized carbons (Fsp3) is 0.667. The van der Waals surface area contributed by atoms with Crippen LogP contribution in [-0.2, 0) is 16.6 Å². The van der Waals surface area contributed by atoms with E-state index >= 15 is 0 Å². The highest BCUT2D eigenvalue weighted by atomic mass is 32.2. The van der Waals surface area contributed by atoms with E-state index in [1.165, 1.54) is 0 Å². The number of hydrogen-bond acceptors (Lipinski definition) is 9. The fourth-order valence-corrected chi connectivity index (χ4v) is 7.41. The van der Waals surface area contributed by atoms with Crippen molar-refractivity contribution in [2.45, 2.75) is 68.9 Å². The Morgan fingerprint density at radius 1 is 1.15 bits per heavy atom. The molecule has 12 heteroatoms. The lowest BCUT2D eigenvalue weighted by Crippen LogP contribution is -2.56. The Morgan fingerprint density at radius 3 is 2.55 bits per heavy atom. The predicted molar refractivity (Wildman–Crippen MR) is 123 cm³/mol. The summed E-state index contributed by atoms with van der Waals surface area (Å²) < 4.78 is 33.1. The van der Waals surface area contributed by atoms with Crippen LogP contribution in [0.1, 0.15) is 50.6 Å². The number of methoxy groups -OCH3 is 1. The monoisotopic (exact) mass is 477 g/mol. The van der Waals surface area contributed by atoms with Crippen LogP contribution in [0.3, 0.4) is 0 Å². The zero-order valence-electron chi connectivity index (χ0n) is 18.7. The first kappa shape index (κ1) is 22.4. The van der Waals surface area contributed by atoms with Gasteiger partial charge in [0.05, 0.1) is 24.7 Å². The number of aromatic amines is 1. The Bertz CT molecular complexity index is 1070. The van der Waals surface area contributed by atoms with Crippen LogP contribution in [0, 0.1) is 5.92 Å². The Morgan fingerprint density at radius 2 is 1.91 bits per heavy atom. The number of rotatable bonds is 9. The molecule has 3 aliphatic rings. The molecule has 2 saturated heterocycles. The number of H-pyrrole nitrogens is 1. The van der Waals surface area contributed by atoms with Crippen LogP contribution >= 0.6 is 0 Å². The van der Waals surface area contributed by atoms with E-state index in [0.29, 0.717) is 41.6 Å². The van der Waals surface area contributed by atoms with E-state index in [2.05, 4.69) is 30.8 Å². The SMILES string of the molecule is COc1cc(Nc2cc(CO)[nH]n2)nc(NCC2CC3CCCC(C2)N3S(=O)(=O)C2CC2)n1. The van der Waals surface area contributed by atoms with E-state index in [1.807, 2.05) is 4.31 Å². The van der Waals surface area contributed by atoms with Crippen molar-refractivity contribution in [2.75, 3.05) is 24.3 Å².